The van der Waals surface area contributed by atoms with E-state index >= 15 is 0 Å². The van der Waals surface area contributed by atoms with Gasteiger partial charge in [0, 0.05) is 12.0 Å². The normalized spacial score (nSPS) is 10.7. The first-order valence-corrected chi connectivity index (χ1v) is 5.60. The third-order valence-corrected chi connectivity index (χ3v) is 2.36. The predicted molar refractivity (Wildman–Crippen MR) is 64.0 cm³/mol. The number of aryl methyl sites for hydroxylation is 1. The lowest BCUT2D eigenvalue weighted by Crippen LogP contribution is -1.93. The van der Waals surface area contributed by atoms with Crippen LogP contribution in [0, 0.1) is 0 Å². The number of ketones is 1. The number of unbranched alkanes of at least 4 members (excludes halogenated alkanes) is 1. The summed E-state index contributed by atoms with van der Waals surface area (Å²) in [5, 5.41) is 0. The Morgan fingerprint density at radius 1 is 1.20 bits per heavy atom. The second-order valence-electron chi connectivity index (χ2n) is 3.45. The quantitative estimate of drug-likeness (QED) is 0.530. The Hall–Kier alpha value is -1.08. The minimum Gasteiger partial charge on any atom is -0.295 e. The van der Waals surface area contributed by atoms with Gasteiger partial charge in [0.2, 0.25) is 0 Å². The van der Waals surface area contributed by atoms with Gasteiger partial charge in [0.05, 0.1) is 0 Å². The topological polar surface area (TPSA) is 17.1 Å². The van der Waals surface area contributed by atoms with Crippen LogP contribution >= 0.6 is 11.6 Å². The second-order valence-corrected chi connectivity index (χ2v) is 3.70. The van der Waals surface area contributed by atoms with Crippen LogP contribution in [-0.2, 0) is 11.2 Å². The van der Waals surface area contributed by atoms with E-state index < -0.39 is 0 Å². The molecule has 0 aliphatic carbocycles. The van der Waals surface area contributed by atoms with E-state index in [0.717, 1.165) is 19.3 Å². The van der Waals surface area contributed by atoms with Gasteiger partial charge in [-0.3, -0.25) is 4.79 Å². The molecule has 0 bridgehead atoms. The molecule has 0 atom stereocenters. The standard InChI is InChI=1S/C13H15ClO/c14-11-10-13(15)9-5-4-8-12-6-2-1-3-7-12/h1-3,6-7,10-11H,4-5,8-9H2/b11-10+. The molecule has 0 spiro atoms. The lowest BCUT2D eigenvalue weighted by Gasteiger charge is -1.99. The molecule has 0 amide bonds. The monoisotopic (exact) mass is 222 g/mol. The van der Waals surface area contributed by atoms with Gasteiger partial charge < -0.3 is 0 Å². The zero-order valence-electron chi connectivity index (χ0n) is 8.66. The van der Waals surface area contributed by atoms with Crippen molar-refractivity contribution in [2.45, 2.75) is 25.7 Å². The van der Waals surface area contributed by atoms with Gasteiger partial charge in [-0.2, -0.15) is 0 Å². The fraction of sp³-hybridized carbons (Fsp3) is 0.308. The van der Waals surface area contributed by atoms with E-state index in [1.54, 1.807) is 0 Å². The number of allylic oxidation sites excluding steroid dienone is 1. The van der Waals surface area contributed by atoms with Crippen molar-refractivity contribution in [3.05, 3.63) is 47.5 Å². The number of carbonyl (C=O) groups is 1. The molecule has 0 heterocycles. The number of halogens is 1. The number of rotatable bonds is 6. The van der Waals surface area contributed by atoms with E-state index in [1.807, 2.05) is 18.2 Å². The van der Waals surface area contributed by atoms with Crippen molar-refractivity contribution < 1.29 is 4.79 Å². The van der Waals surface area contributed by atoms with Crippen molar-refractivity contribution in [3.8, 4) is 0 Å². The first-order chi connectivity index (χ1) is 7.33. The minimum absolute atomic E-state index is 0.109. The summed E-state index contributed by atoms with van der Waals surface area (Å²) in [5.41, 5.74) is 2.61. The van der Waals surface area contributed by atoms with Crippen molar-refractivity contribution in [2.75, 3.05) is 0 Å². The van der Waals surface area contributed by atoms with Crippen LogP contribution in [0.4, 0.5) is 0 Å². The summed E-state index contributed by atoms with van der Waals surface area (Å²) in [6, 6.07) is 10.3. The van der Waals surface area contributed by atoms with Gasteiger partial charge in [0.15, 0.2) is 5.78 Å². The molecule has 15 heavy (non-hydrogen) atoms. The lowest BCUT2D eigenvalue weighted by atomic mass is 10.1. The smallest absolute Gasteiger partial charge is 0.156 e. The van der Waals surface area contributed by atoms with E-state index in [2.05, 4.69) is 12.1 Å². The molecule has 2 heteroatoms. The van der Waals surface area contributed by atoms with E-state index in [-0.39, 0.29) is 5.78 Å². The predicted octanol–water partition coefficient (Wildman–Crippen LogP) is 3.72. The Balaban J connectivity index is 2.15. The van der Waals surface area contributed by atoms with Gasteiger partial charge in [0.1, 0.15) is 0 Å². The van der Waals surface area contributed by atoms with Gasteiger partial charge >= 0.3 is 0 Å². The summed E-state index contributed by atoms with van der Waals surface area (Å²) in [5.74, 6) is 0.109. The maximum atomic E-state index is 11.1. The van der Waals surface area contributed by atoms with Crippen molar-refractivity contribution in [1.29, 1.82) is 0 Å². The summed E-state index contributed by atoms with van der Waals surface area (Å²) in [4.78, 5) is 11.1. The zero-order chi connectivity index (χ0) is 10.9. The average molecular weight is 223 g/mol. The molecule has 1 nitrogen and oxygen atoms in total. The minimum atomic E-state index is 0.109. The lowest BCUT2D eigenvalue weighted by molar-refractivity contribution is -0.114. The maximum absolute atomic E-state index is 11.1. The van der Waals surface area contributed by atoms with E-state index in [1.165, 1.54) is 17.2 Å². The van der Waals surface area contributed by atoms with Crippen LogP contribution in [0.1, 0.15) is 24.8 Å². The first-order valence-electron chi connectivity index (χ1n) is 5.16. The van der Waals surface area contributed by atoms with Crippen molar-refractivity contribution in [2.24, 2.45) is 0 Å². The molecular weight excluding hydrogens is 208 g/mol. The number of benzene rings is 1. The van der Waals surface area contributed by atoms with Crippen LogP contribution < -0.4 is 0 Å². The van der Waals surface area contributed by atoms with Crippen LogP contribution in [-0.4, -0.2) is 5.78 Å². The van der Waals surface area contributed by atoms with E-state index in [0.29, 0.717) is 6.42 Å². The Kier molecular flexibility index (Phi) is 5.79. The highest BCUT2D eigenvalue weighted by Gasteiger charge is 1.97. The first kappa shape index (κ1) is 12.0. The molecular formula is C13H15ClO. The number of hydrogen-bond donors (Lipinski definition) is 0. The largest absolute Gasteiger partial charge is 0.295 e. The SMILES string of the molecule is O=C(/C=C/Cl)CCCCc1ccccc1. The number of hydrogen-bond acceptors (Lipinski definition) is 1. The fourth-order valence-corrected chi connectivity index (χ4v) is 1.57. The molecule has 0 aliphatic heterocycles. The molecule has 0 aliphatic rings. The Morgan fingerprint density at radius 3 is 2.60 bits per heavy atom. The van der Waals surface area contributed by atoms with Gasteiger partial charge in [-0.15, -0.1) is 0 Å². The molecule has 0 fully saturated rings. The molecule has 1 aromatic rings. The van der Waals surface area contributed by atoms with Crippen molar-refractivity contribution in [3.63, 3.8) is 0 Å². The molecule has 80 valence electrons. The van der Waals surface area contributed by atoms with Crippen LogP contribution in [0.3, 0.4) is 0 Å². The zero-order valence-corrected chi connectivity index (χ0v) is 9.41. The van der Waals surface area contributed by atoms with Crippen LogP contribution in [0.25, 0.3) is 0 Å². The van der Waals surface area contributed by atoms with Crippen LogP contribution in [0.5, 0.6) is 0 Å². The van der Waals surface area contributed by atoms with Crippen molar-refractivity contribution in [1.82, 2.24) is 0 Å². The molecule has 1 aromatic carbocycles. The average Bonchev–Trinajstić information content (AvgIpc) is 2.26. The molecule has 1 rings (SSSR count). The van der Waals surface area contributed by atoms with Gasteiger partial charge in [-0.05, 0) is 30.9 Å². The Morgan fingerprint density at radius 2 is 1.93 bits per heavy atom. The molecule has 0 aromatic heterocycles. The fourth-order valence-electron chi connectivity index (χ4n) is 1.43. The van der Waals surface area contributed by atoms with E-state index in [4.69, 9.17) is 11.6 Å². The molecule has 0 N–H and O–H groups in total. The Bertz CT molecular complexity index is 317. The second kappa shape index (κ2) is 7.24. The van der Waals surface area contributed by atoms with E-state index in [9.17, 15) is 4.79 Å². The summed E-state index contributed by atoms with van der Waals surface area (Å²) >= 11 is 5.30. The highest BCUT2D eigenvalue weighted by molar-refractivity contribution is 6.26. The van der Waals surface area contributed by atoms with Gasteiger partial charge in [0.25, 0.3) is 0 Å². The highest BCUT2D eigenvalue weighted by Crippen LogP contribution is 2.06. The maximum Gasteiger partial charge on any atom is 0.156 e. The summed E-state index contributed by atoms with van der Waals surface area (Å²) in [6.07, 6.45) is 5.03. The van der Waals surface area contributed by atoms with Crippen LogP contribution in [0.15, 0.2) is 41.9 Å². The third-order valence-electron chi connectivity index (χ3n) is 2.23. The molecule has 0 radical (unpaired) electrons. The number of carbonyl (C=O) groups excluding carboxylic acids is 1. The van der Waals surface area contributed by atoms with Gasteiger partial charge in [-0.25, -0.2) is 0 Å². The highest BCUT2D eigenvalue weighted by atomic mass is 35.5. The molecule has 0 unspecified atom stereocenters. The van der Waals surface area contributed by atoms with Gasteiger partial charge in [-0.1, -0.05) is 41.9 Å². The summed E-state index contributed by atoms with van der Waals surface area (Å²) in [7, 11) is 0. The van der Waals surface area contributed by atoms with Crippen molar-refractivity contribution >= 4 is 17.4 Å². The van der Waals surface area contributed by atoms with Crippen LogP contribution in [0.2, 0.25) is 0 Å². The molecule has 0 saturated heterocycles. The third kappa shape index (κ3) is 5.38. The summed E-state index contributed by atoms with van der Waals surface area (Å²) in [6.45, 7) is 0. The summed E-state index contributed by atoms with van der Waals surface area (Å²) < 4.78 is 0. The molecule has 0 saturated carbocycles. The Labute approximate surface area is 95.8 Å².